The summed E-state index contributed by atoms with van der Waals surface area (Å²) in [5, 5.41) is 8.76. The maximum atomic E-state index is 10.7. The van der Waals surface area contributed by atoms with E-state index in [9.17, 15) is 4.79 Å². The van der Waals surface area contributed by atoms with Crippen LogP contribution in [0.2, 0.25) is 0 Å². The zero-order valence-corrected chi connectivity index (χ0v) is 9.45. The smallest absolute Gasteiger partial charge is 0.335 e. The Hall–Kier alpha value is -2.69. The van der Waals surface area contributed by atoms with Gasteiger partial charge in [0.05, 0.1) is 11.3 Å². The highest BCUT2D eigenvalue weighted by Gasteiger charge is 2.00. The van der Waals surface area contributed by atoms with Crippen LogP contribution in [0.25, 0.3) is 0 Å². The summed E-state index contributed by atoms with van der Waals surface area (Å²) in [4.78, 5) is 18.8. The molecule has 5 heteroatoms. The van der Waals surface area contributed by atoms with E-state index in [1.165, 1.54) is 12.1 Å². The number of carboxylic acid groups (broad SMARTS) is 1. The minimum Gasteiger partial charge on any atom is -0.478 e. The Kier molecular flexibility index (Phi) is 3.33. The topological polar surface area (TPSA) is 88.6 Å². The van der Waals surface area contributed by atoms with Gasteiger partial charge < -0.3 is 10.8 Å². The number of aromatic nitrogens is 1. The van der Waals surface area contributed by atoms with Gasteiger partial charge in [-0.1, -0.05) is 0 Å². The molecule has 0 aliphatic heterocycles. The van der Waals surface area contributed by atoms with Crippen LogP contribution in [0.4, 0.5) is 11.5 Å². The molecule has 0 aliphatic rings. The molecule has 3 N–H and O–H groups in total. The summed E-state index contributed by atoms with van der Waals surface area (Å²) in [6, 6.07) is 9.84. The van der Waals surface area contributed by atoms with E-state index >= 15 is 0 Å². The van der Waals surface area contributed by atoms with Crippen molar-refractivity contribution in [3.63, 3.8) is 0 Å². The number of carbonyl (C=O) groups is 1. The SMILES string of the molecule is Nc1ncccc1C=Nc1ccc(C(=O)O)cc1. The minimum absolute atomic E-state index is 0.231. The van der Waals surface area contributed by atoms with Gasteiger partial charge in [-0.25, -0.2) is 9.78 Å². The normalized spacial score (nSPS) is 10.7. The number of hydrogen-bond donors (Lipinski definition) is 2. The van der Waals surface area contributed by atoms with Crippen molar-refractivity contribution < 1.29 is 9.90 Å². The Labute approximate surface area is 104 Å². The first kappa shape index (κ1) is 11.8. The molecular weight excluding hydrogens is 230 g/mol. The van der Waals surface area contributed by atoms with Crippen LogP contribution in [0.1, 0.15) is 15.9 Å². The minimum atomic E-state index is -0.956. The molecular formula is C13H11N3O2. The van der Waals surface area contributed by atoms with Crippen molar-refractivity contribution in [3.05, 3.63) is 53.7 Å². The van der Waals surface area contributed by atoms with Gasteiger partial charge in [0.15, 0.2) is 0 Å². The zero-order chi connectivity index (χ0) is 13.0. The largest absolute Gasteiger partial charge is 0.478 e. The number of benzene rings is 1. The summed E-state index contributed by atoms with van der Waals surface area (Å²) < 4.78 is 0. The average molecular weight is 241 g/mol. The third-order valence-corrected chi connectivity index (χ3v) is 2.34. The van der Waals surface area contributed by atoms with Crippen LogP contribution in [0.5, 0.6) is 0 Å². The highest BCUT2D eigenvalue weighted by Crippen LogP contribution is 2.14. The molecule has 0 bridgehead atoms. The molecule has 0 unspecified atom stereocenters. The van der Waals surface area contributed by atoms with Crippen LogP contribution >= 0.6 is 0 Å². The lowest BCUT2D eigenvalue weighted by atomic mass is 10.2. The number of rotatable bonds is 3. The number of hydrogen-bond acceptors (Lipinski definition) is 4. The van der Waals surface area contributed by atoms with E-state index in [0.717, 1.165) is 5.56 Å². The van der Waals surface area contributed by atoms with E-state index in [1.54, 1.807) is 36.7 Å². The lowest BCUT2D eigenvalue weighted by molar-refractivity contribution is 0.0697. The Balaban J connectivity index is 2.19. The molecule has 1 aromatic heterocycles. The van der Waals surface area contributed by atoms with Crippen molar-refractivity contribution in [1.82, 2.24) is 4.98 Å². The number of pyridine rings is 1. The molecule has 1 aromatic carbocycles. The fraction of sp³-hybridized carbons (Fsp3) is 0. The second kappa shape index (κ2) is 5.09. The van der Waals surface area contributed by atoms with Gasteiger partial charge in [0.1, 0.15) is 5.82 Å². The number of aromatic carboxylic acids is 1. The summed E-state index contributed by atoms with van der Waals surface area (Å²) in [5.41, 5.74) is 7.28. The van der Waals surface area contributed by atoms with E-state index < -0.39 is 5.97 Å². The first-order chi connectivity index (χ1) is 8.66. The van der Waals surface area contributed by atoms with Crippen LogP contribution in [0.3, 0.4) is 0 Å². The molecule has 0 saturated heterocycles. The molecule has 2 rings (SSSR count). The third-order valence-electron chi connectivity index (χ3n) is 2.34. The number of nitrogens with two attached hydrogens (primary N) is 1. The fourth-order valence-corrected chi connectivity index (χ4v) is 1.37. The Morgan fingerprint density at radius 1 is 1.28 bits per heavy atom. The van der Waals surface area contributed by atoms with Crippen molar-refractivity contribution in [2.45, 2.75) is 0 Å². The summed E-state index contributed by atoms with van der Waals surface area (Å²) in [5.74, 6) is -0.551. The van der Waals surface area contributed by atoms with Crippen LogP contribution < -0.4 is 5.73 Å². The first-order valence-corrected chi connectivity index (χ1v) is 5.25. The van der Waals surface area contributed by atoms with Gasteiger partial charge in [0.2, 0.25) is 0 Å². The number of aliphatic imine (C=N–C) groups is 1. The molecule has 0 aliphatic carbocycles. The summed E-state index contributed by atoms with van der Waals surface area (Å²) >= 11 is 0. The lowest BCUT2D eigenvalue weighted by Gasteiger charge is -1.98. The molecule has 0 spiro atoms. The summed E-state index contributed by atoms with van der Waals surface area (Å²) in [6.45, 7) is 0. The first-order valence-electron chi connectivity index (χ1n) is 5.25. The number of carboxylic acids is 1. The van der Waals surface area contributed by atoms with Crippen molar-refractivity contribution in [2.24, 2.45) is 4.99 Å². The molecule has 0 radical (unpaired) electrons. The molecule has 1 heterocycles. The molecule has 0 fully saturated rings. The van der Waals surface area contributed by atoms with Gasteiger partial charge in [0.25, 0.3) is 0 Å². The molecule has 2 aromatic rings. The molecule has 0 saturated carbocycles. The average Bonchev–Trinajstić information content (AvgIpc) is 2.38. The van der Waals surface area contributed by atoms with Crippen LogP contribution in [-0.4, -0.2) is 22.3 Å². The lowest BCUT2D eigenvalue weighted by Crippen LogP contribution is -1.95. The maximum Gasteiger partial charge on any atom is 0.335 e. The fourth-order valence-electron chi connectivity index (χ4n) is 1.37. The van der Waals surface area contributed by atoms with Crippen LogP contribution in [0.15, 0.2) is 47.6 Å². The highest BCUT2D eigenvalue weighted by atomic mass is 16.4. The maximum absolute atomic E-state index is 10.7. The zero-order valence-electron chi connectivity index (χ0n) is 9.45. The molecule has 18 heavy (non-hydrogen) atoms. The van der Waals surface area contributed by atoms with Crippen LogP contribution in [0, 0.1) is 0 Å². The molecule has 0 amide bonds. The molecule has 90 valence electrons. The Bertz CT molecular complexity index is 591. The Morgan fingerprint density at radius 2 is 2.00 bits per heavy atom. The van der Waals surface area contributed by atoms with Gasteiger partial charge in [0, 0.05) is 18.0 Å². The van der Waals surface area contributed by atoms with Gasteiger partial charge in [-0.3, -0.25) is 4.99 Å². The van der Waals surface area contributed by atoms with E-state index in [2.05, 4.69) is 9.98 Å². The van der Waals surface area contributed by atoms with Gasteiger partial charge >= 0.3 is 5.97 Å². The number of nitrogens with zero attached hydrogens (tertiary/aromatic N) is 2. The summed E-state index contributed by atoms with van der Waals surface area (Å²) in [6.07, 6.45) is 3.20. The highest BCUT2D eigenvalue weighted by molar-refractivity contribution is 5.89. The molecule has 5 nitrogen and oxygen atoms in total. The van der Waals surface area contributed by atoms with Gasteiger partial charge in [-0.15, -0.1) is 0 Å². The monoisotopic (exact) mass is 241 g/mol. The van der Waals surface area contributed by atoms with E-state index in [-0.39, 0.29) is 5.56 Å². The quantitative estimate of drug-likeness (QED) is 0.805. The van der Waals surface area contributed by atoms with Crippen molar-refractivity contribution in [2.75, 3.05) is 5.73 Å². The second-order valence-corrected chi connectivity index (χ2v) is 3.59. The van der Waals surface area contributed by atoms with E-state index in [1.807, 2.05) is 0 Å². The number of nitrogen functional groups attached to an aromatic ring is 1. The van der Waals surface area contributed by atoms with E-state index in [0.29, 0.717) is 11.5 Å². The Morgan fingerprint density at radius 3 is 2.61 bits per heavy atom. The van der Waals surface area contributed by atoms with Crippen molar-refractivity contribution >= 4 is 23.7 Å². The predicted molar refractivity (Wildman–Crippen MR) is 69.3 cm³/mol. The number of anilines is 1. The van der Waals surface area contributed by atoms with Gasteiger partial charge in [-0.05, 0) is 36.4 Å². The second-order valence-electron chi connectivity index (χ2n) is 3.59. The summed E-state index contributed by atoms with van der Waals surface area (Å²) in [7, 11) is 0. The van der Waals surface area contributed by atoms with Gasteiger partial charge in [-0.2, -0.15) is 0 Å². The third kappa shape index (κ3) is 2.70. The van der Waals surface area contributed by atoms with E-state index in [4.69, 9.17) is 10.8 Å². The van der Waals surface area contributed by atoms with Crippen molar-refractivity contribution in [1.29, 1.82) is 0 Å². The standard InChI is InChI=1S/C13H11N3O2/c14-12-10(2-1-7-15-12)8-16-11-5-3-9(4-6-11)13(17)18/h1-8H,(H2,14,15)(H,17,18). The molecule has 0 atom stereocenters. The van der Waals surface area contributed by atoms with Crippen molar-refractivity contribution in [3.8, 4) is 0 Å². The van der Waals surface area contributed by atoms with Crippen LogP contribution in [-0.2, 0) is 0 Å². The predicted octanol–water partition coefficient (Wildman–Crippen LogP) is 2.11.